The van der Waals surface area contributed by atoms with Crippen molar-refractivity contribution in [1.82, 2.24) is 5.32 Å². The molecule has 0 bridgehead atoms. The largest absolute Gasteiger partial charge is 0.377 e. The zero-order valence-corrected chi connectivity index (χ0v) is 13.8. The third kappa shape index (κ3) is 2.05. The first kappa shape index (κ1) is 15.0. The molecule has 2 fully saturated rings. The zero-order chi connectivity index (χ0) is 15.3. The average Bonchev–Trinajstić information content (AvgIpc) is 2.89. The maximum Gasteiger partial charge on any atom is 0.241 e. The smallest absolute Gasteiger partial charge is 0.241 e. The van der Waals surface area contributed by atoms with Gasteiger partial charge in [0, 0.05) is 24.5 Å². The van der Waals surface area contributed by atoms with Crippen molar-refractivity contribution in [3.05, 3.63) is 21.9 Å². The lowest BCUT2D eigenvalue weighted by atomic mass is 9.46. The van der Waals surface area contributed by atoms with Gasteiger partial charge in [0.1, 0.15) is 5.54 Å². The minimum Gasteiger partial charge on any atom is -0.377 e. The average molecular weight is 308 g/mol. The van der Waals surface area contributed by atoms with Gasteiger partial charge in [-0.3, -0.25) is 4.79 Å². The number of carbonyl (C=O) groups excluding carboxylic acids is 1. The molecular formula is C16H24N2O2S. The number of nitrogens with one attached hydrogen (secondary N) is 1. The highest BCUT2D eigenvalue weighted by Gasteiger charge is 2.70. The lowest BCUT2D eigenvalue weighted by Gasteiger charge is -2.65. The highest BCUT2D eigenvalue weighted by Crippen LogP contribution is 2.57. The van der Waals surface area contributed by atoms with Crippen molar-refractivity contribution in [1.29, 1.82) is 0 Å². The standard InChI is InChI=1S/C16H24N2O2S/c1-10-8-21-9-11(10)7-18-14(19)16(17)12-5-4-6-20-13(12)15(16,2)3/h8-9,12-13H,4-7,17H2,1-3H3,(H,18,19). The summed E-state index contributed by atoms with van der Waals surface area (Å²) in [4.78, 5) is 12.7. The molecule has 116 valence electrons. The number of fused-ring (bicyclic) bond motifs is 1. The Balaban J connectivity index is 1.72. The van der Waals surface area contributed by atoms with Gasteiger partial charge in [0.15, 0.2) is 0 Å². The fraction of sp³-hybridized carbons (Fsp3) is 0.688. The summed E-state index contributed by atoms with van der Waals surface area (Å²) in [5, 5.41) is 7.22. The molecule has 0 spiro atoms. The zero-order valence-electron chi connectivity index (χ0n) is 12.9. The first-order valence-corrected chi connectivity index (χ1v) is 8.53. The molecule has 0 aromatic carbocycles. The molecule has 0 radical (unpaired) electrons. The SMILES string of the molecule is Cc1cscc1CNC(=O)C1(N)C2CCCOC2C1(C)C. The second-order valence-corrected chi connectivity index (χ2v) is 7.64. The first-order chi connectivity index (χ1) is 9.89. The highest BCUT2D eigenvalue weighted by molar-refractivity contribution is 7.08. The molecule has 1 aromatic rings. The molecule has 1 aromatic heterocycles. The summed E-state index contributed by atoms with van der Waals surface area (Å²) in [6.07, 6.45) is 2.09. The topological polar surface area (TPSA) is 64.4 Å². The third-order valence-corrected chi connectivity index (χ3v) is 6.37. The predicted octanol–water partition coefficient (Wildman–Crippen LogP) is 2.21. The van der Waals surface area contributed by atoms with Gasteiger partial charge in [0.2, 0.25) is 5.91 Å². The van der Waals surface area contributed by atoms with E-state index in [0.29, 0.717) is 6.54 Å². The van der Waals surface area contributed by atoms with E-state index in [2.05, 4.69) is 36.8 Å². The molecule has 21 heavy (non-hydrogen) atoms. The van der Waals surface area contributed by atoms with E-state index < -0.39 is 5.54 Å². The molecule has 1 amide bonds. The fourth-order valence-electron chi connectivity index (χ4n) is 3.93. The van der Waals surface area contributed by atoms with E-state index in [1.807, 2.05) is 0 Å². The van der Waals surface area contributed by atoms with E-state index in [1.165, 1.54) is 11.1 Å². The molecule has 3 atom stereocenters. The van der Waals surface area contributed by atoms with E-state index in [0.717, 1.165) is 19.4 Å². The maximum absolute atomic E-state index is 12.7. The molecule has 1 saturated carbocycles. The van der Waals surface area contributed by atoms with Crippen LogP contribution in [0.5, 0.6) is 0 Å². The minimum absolute atomic E-state index is 0.0372. The molecule has 1 aliphatic carbocycles. The van der Waals surface area contributed by atoms with E-state index in [-0.39, 0.29) is 23.3 Å². The summed E-state index contributed by atoms with van der Waals surface area (Å²) in [6.45, 7) is 7.51. The summed E-state index contributed by atoms with van der Waals surface area (Å²) in [5.41, 5.74) is 7.83. The van der Waals surface area contributed by atoms with Crippen molar-refractivity contribution in [3.8, 4) is 0 Å². The lowest BCUT2D eigenvalue weighted by molar-refractivity contribution is -0.225. The second-order valence-electron chi connectivity index (χ2n) is 6.89. The van der Waals surface area contributed by atoms with Gasteiger partial charge in [-0.05, 0) is 41.7 Å². The van der Waals surface area contributed by atoms with Crippen LogP contribution in [-0.2, 0) is 16.1 Å². The summed E-state index contributed by atoms with van der Waals surface area (Å²) in [6, 6.07) is 0. The minimum atomic E-state index is -0.817. The molecule has 3 rings (SSSR count). The van der Waals surface area contributed by atoms with E-state index in [4.69, 9.17) is 10.5 Å². The number of amides is 1. The number of aryl methyl sites for hydroxylation is 1. The van der Waals surface area contributed by atoms with Gasteiger partial charge < -0.3 is 15.8 Å². The Morgan fingerprint density at radius 2 is 2.29 bits per heavy atom. The Bertz CT molecular complexity index is 554. The van der Waals surface area contributed by atoms with Gasteiger partial charge in [-0.25, -0.2) is 0 Å². The highest BCUT2D eigenvalue weighted by atomic mass is 32.1. The van der Waals surface area contributed by atoms with Gasteiger partial charge in [0.05, 0.1) is 6.10 Å². The second kappa shape index (κ2) is 5.07. The van der Waals surface area contributed by atoms with Crippen LogP contribution in [0.3, 0.4) is 0 Å². The van der Waals surface area contributed by atoms with Crippen LogP contribution in [0.1, 0.15) is 37.8 Å². The number of hydrogen-bond acceptors (Lipinski definition) is 4. The number of hydrogen-bond donors (Lipinski definition) is 2. The molecule has 2 aliphatic rings. The maximum atomic E-state index is 12.7. The van der Waals surface area contributed by atoms with Crippen LogP contribution in [0, 0.1) is 18.3 Å². The van der Waals surface area contributed by atoms with Gasteiger partial charge in [-0.2, -0.15) is 11.3 Å². The van der Waals surface area contributed by atoms with Crippen LogP contribution in [0.2, 0.25) is 0 Å². The number of rotatable bonds is 3. The van der Waals surface area contributed by atoms with Gasteiger partial charge >= 0.3 is 0 Å². The third-order valence-electron chi connectivity index (χ3n) is 5.46. The van der Waals surface area contributed by atoms with Gasteiger partial charge in [-0.1, -0.05) is 13.8 Å². The summed E-state index contributed by atoms with van der Waals surface area (Å²) < 4.78 is 5.85. The van der Waals surface area contributed by atoms with Crippen molar-refractivity contribution >= 4 is 17.2 Å². The number of nitrogens with two attached hydrogens (primary N) is 1. The fourth-order valence-corrected chi connectivity index (χ4v) is 4.78. The van der Waals surface area contributed by atoms with E-state index in [9.17, 15) is 4.79 Å². The normalized spacial score (nSPS) is 33.9. The van der Waals surface area contributed by atoms with Crippen molar-refractivity contribution in [2.45, 2.75) is 51.8 Å². The molecule has 4 nitrogen and oxygen atoms in total. The Morgan fingerprint density at radius 3 is 2.95 bits per heavy atom. The Hall–Kier alpha value is -0.910. The molecule has 5 heteroatoms. The Morgan fingerprint density at radius 1 is 1.52 bits per heavy atom. The van der Waals surface area contributed by atoms with Gasteiger partial charge in [-0.15, -0.1) is 0 Å². The van der Waals surface area contributed by atoms with E-state index in [1.54, 1.807) is 11.3 Å². The van der Waals surface area contributed by atoms with Crippen molar-refractivity contribution in [2.75, 3.05) is 6.61 Å². The number of ether oxygens (including phenoxy) is 1. The molecule has 1 saturated heterocycles. The van der Waals surface area contributed by atoms with E-state index >= 15 is 0 Å². The van der Waals surface area contributed by atoms with Crippen LogP contribution >= 0.6 is 11.3 Å². The van der Waals surface area contributed by atoms with Crippen LogP contribution < -0.4 is 11.1 Å². The number of thiophene rings is 1. The Labute approximate surface area is 130 Å². The molecule has 1 aliphatic heterocycles. The predicted molar refractivity (Wildman–Crippen MR) is 84.1 cm³/mol. The molecule has 2 heterocycles. The summed E-state index contributed by atoms with van der Waals surface area (Å²) in [5.74, 6) is 0.106. The Kier molecular flexibility index (Phi) is 3.62. The summed E-state index contributed by atoms with van der Waals surface area (Å²) in [7, 11) is 0. The summed E-state index contributed by atoms with van der Waals surface area (Å²) >= 11 is 1.66. The molecular weight excluding hydrogens is 284 g/mol. The lowest BCUT2D eigenvalue weighted by Crippen LogP contribution is -2.82. The monoisotopic (exact) mass is 308 g/mol. The van der Waals surface area contributed by atoms with Crippen molar-refractivity contribution < 1.29 is 9.53 Å². The first-order valence-electron chi connectivity index (χ1n) is 7.59. The number of carbonyl (C=O) groups is 1. The van der Waals surface area contributed by atoms with Crippen LogP contribution in [0.4, 0.5) is 0 Å². The van der Waals surface area contributed by atoms with Crippen molar-refractivity contribution in [3.63, 3.8) is 0 Å². The van der Waals surface area contributed by atoms with Crippen LogP contribution in [-0.4, -0.2) is 24.2 Å². The molecule has 3 unspecified atom stereocenters. The molecule has 3 N–H and O–H groups in total. The quantitative estimate of drug-likeness (QED) is 0.900. The van der Waals surface area contributed by atoms with Crippen molar-refractivity contribution in [2.24, 2.45) is 17.1 Å². The van der Waals surface area contributed by atoms with Crippen LogP contribution in [0.15, 0.2) is 10.8 Å². The van der Waals surface area contributed by atoms with Crippen LogP contribution in [0.25, 0.3) is 0 Å². The van der Waals surface area contributed by atoms with Gasteiger partial charge in [0.25, 0.3) is 0 Å².